The number of hydrogen-bond acceptors (Lipinski definition) is 3. The summed E-state index contributed by atoms with van der Waals surface area (Å²) < 4.78 is 7.20. The molecule has 0 N–H and O–H groups in total. The minimum atomic E-state index is -0.418. The zero-order valence-electron chi connectivity index (χ0n) is 12.8. The van der Waals surface area contributed by atoms with E-state index in [9.17, 15) is 4.79 Å². The Labute approximate surface area is 149 Å². The van der Waals surface area contributed by atoms with Gasteiger partial charge in [-0.1, -0.05) is 41.4 Å². The molecule has 122 valence electrons. The lowest BCUT2D eigenvalue weighted by Gasteiger charge is -2.17. The van der Waals surface area contributed by atoms with E-state index in [1.54, 1.807) is 42.6 Å². The van der Waals surface area contributed by atoms with Crippen molar-refractivity contribution in [3.63, 3.8) is 0 Å². The molecular formula is C18H14Cl2N2O2. The van der Waals surface area contributed by atoms with Crippen molar-refractivity contribution in [1.29, 1.82) is 0 Å². The first-order chi connectivity index (χ1) is 11.6. The number of carbonyl (C=O) groups excluding carboxylic acids is 1. The number of halogens is 2. The average molecular weight is 361 g/mol. The number of hydrogen-bond donors (Lipinski definition) is 0. The number of aromatic nitrogens is 2. The first-order valence-electron chi connectivity index (χ1n) is 7.31. The van der Waals surface area contributed by atoms with Crippen molar-refractivity contribution < 1.29 is 9.53 Å². The number of nitrogens with zero attached hydrogens (tertiary/aromatic N) is 2. The molecule has 0 aliphatic carbocycles. The van der Waals surface area contributed by atoms with Crippen molar-refractivity contribution in [2.45, 2.75) is 13.0 Å². The Bertz CT molecular complexity index is 862. The second kappa shape index (κ2) is 7.07. The van der Waals surface area contributed by atoms with Gasteiger partial charge in [0.2, 0.25) is 0 Å². The van der Waals surface area contributed by atoms with Gasteiger partial charge in [0, 0.05) is 16.8 Å². The highest BCUT2D eigenvalue weighted by molar-refractivity contribution is 6.35. The van der Waals surface area contributed by atoms with E-state index in [-0.39, 0.29) is 5.91 Å². The molecule has 0 radical (unpaired) electrons. The van der Waals surface area contributed by atoms with Crippen LogP contribution in [0.4, 0.5) is 0 Å². The minimum Gasteiger partial charge on any atom is -0.483 e. The van der Waals surface area contributed by atoms with E-state index < -0.39 is 6.10 Å². The highest BCUT2D eigenvalue weighted by Gasteiger charge is 2.19. The number of carbonyl (C=O) groups is 1. The number of ether oxygens (including phenoxy) is 1. The van der Waals surface area contributed by atoms with Crippen LogP contribution in [0.15, 0.2) is 60.8 Å². The summed E-state index contributed by atoms with van der Waals surface area (Å²) in [6, 6.07) is 15.7. The molecule has 6 heteroatoms. The fraction of sp³-hybridized carbons (Fsp3) is 0.111. The van der Waals surface area contributed by atoms with Gasteiger partial charge < -0.3 is 4.74 Å². The van der Waals surface area contributed by atoms with Gasteiger partial charge in [0.05, 0.1) is 10.7 Å². The van der Waals surface area contributed by atoms with Crippen molar-refractivity contribution in [1.82, 2.24) is 9.78 Å². The third-order valence-electron chi connectivity index (χ3n) is 3.50. The lowest BCUT2D eigenvalue weighted by molar-refractivity contribution is 0.0928. The Hall–Kier alpha value is -2.30. The monoisotopic (exact) mass is 360 g/mol. The molecule has 0 amide bonds. The van der Waals surface area contributed by atoms with Crippen LogP contribution in [-0.2, 0) is 0 Å². The molecule has 1 unspecified atom stereocenters. The predicted octanol–water partition coefficient (Wildman–Crippen LogP) is 5.02. The normalized spacial score (nSPS) is 12.0. The molecule has 0 saturated heterocycles. The highest BCUT2D eigenvalue weighted by atomic mass is 35.5. The van der Waals surface area contributed by atoms with E-state index in [1.807, 2.05) is 25.1 Å². The Morgan fingerprint density at radius 3 is 2.58 bits per heavy atom. The Balaban J connectivity index is 1.85. The summed E-state index contributed by atoms with van der Waals surface area (Å²) in [6.45, 7) is 1.83. The molecule has 24 heavy (non-hydrogen) atoms. The first-order valence-corrected chi connectivity index (χ1v) is 8.07. The predicted molar refractivity (Wildman–Crippen MR) is 93.9 cm³/mol. The molecule has 3 rings (SSSR count). The second-order valence-electron chi connectivity index (χ2n) is 5.17. The van der Waals surface area contributed by atoms with Crippen LogP contribution < -0.4 is 4.74 Å². The molecule has 4 nitrogen and oxygen atoms in total. The van der Waals surface area contributed by atoms with E-state index >= 15 is 0 Å². The molecule has 1 aromatic heterocycles. The van der Waals surface area contributed by atoms with E-state index in [0.29, 0.717) is 27.1 Å². The van der Waals surface area contributed by atoms with Crippen molar-refractivity contribution in [2.24, 2.45) is 0 Å². The van der Waals surface area contributed by atoms with Crippen molar-refractivity contribution in [3.8, 4) is 5.75 Å². The molecule has 0 saturated carbocycles. The third kappa shape index (κ3) is 3.45. The summed E-state index contributed by atoms with van der Waals surface area (Å²) in [6.07, 6.45) is 1.15. The first kappa shape index (κ1) is 16.6. The number of benzene rings is 2. The largest absolute Gasteiger partial charge is 0.483 e. The maximum Gasteiger partial charge on any atom is 0.278 e. The fourth-order valence-corrected chi connectivity index (χ4v) is 2.77. The number of rotatable bonds is 4. The van der Waals surface area contributed by atoms with Gasteiger partial charge >= 0.3 is 0 Å². The van der Waals surface area contributed by atoms with Crippen LogP contribution in [0.3, 0.4) is 0 Å². The summed E-state index contributed by atoms with van der Waals surface area (Å²) in [5.74, 6) is 0.279. The van der Waals surface area contributed by atoms with E-state index in [0.717, 1.165) is 0 Å². The maximum absolute atomic E-state index is 12.6. The quantitative estimate of drug-likeness (QED) is 0.656. The summed E-state index contributed by atoms with van der Waals surface area (Å²) in [4.78, 5) is 12.6. The van der Waals surface area contributed by atoms with Crippen LogP contribution in [0.1, 0.15) is 29.1 Å². The molecule has 1 heterocycles. The Morgan fingerprint density at radius 1 is 1.12 bits per heavy atom. The van der Waals surface area contributed by atoms with Gasteiger partial charge in [-0.2, -0.15) is 9.78 Å². The SMILES string of the molecule is CC(Oc1ccc(Cl)cc1Cl)c1ccnn1C(=O)c1ccccc1. The van der Waals surface area contributed by atoms with Crippen molar-refractivity contribution >= 4 is 29.1 Å². The molecule has 0 aliphatic heterocycles. The average Bonchev–Trinajstić information content (AvgIpc) is 3.07. The van der Waals surface area contributed by atoms with Crippen LogP contribution in [0, 0.1) is 0 Å². The molecule has 0 aliphatic rings. The highest BCUT2D eigenvalue weighted by Crippen LogP contribution is 2.31. The van der Waals surface area contributed by atoms with Gasteiger partial charge in [-0.15, -0.1) is 0 Å². The molecule has 0 fully saturated rings. The summed E-state index contributed by atoms with van der Waals surface area (Å²) >= 11 is 12.0. The minimum absolute atomic E-state index is 0.215. The second-order valence-corrected chi connectivity index (χ2v) is 6.02. The topological polar surface area (TPSA) is 44.1 Å². The molecule has 0 spiro atoms. The molecule has 1 atom stereocenters. The van der Waals surface area contributed by atoms with E-state index in [1.165, 1.54) is 4.68 Å². The maximum atomic E-state index is 12.6. The lowest BCUT2D eigenvalue weighted by atomic mass is 10.2. The fourth-order valence-electron chi connectivity index (χ4n) is 2.32. The summed E-state index contributed by atoms with van der Waals surface area (Å²) in [5.41, 5.74) is 1.19. The smallest absolute Gasteiger partial charge is 0.278 e. The van der Waals surface area contributed by atoms with Crippen LogP contribution in [0.5, 0.6) is 5.75 Å². The Morgan fingerprint density at radius 2 is 1.88 bits per heavy atom. The van der Waals surface area contributed by atoms with Gasteiger partial charge in [-0.25, -0.2) is 0 Å². The van der Waals surface area contributed by atoms with Crippen LogP contribution >= 0.6 is 23.2 Å². The van der Waals surface area contributed by atoms with Crippen LogP contribution in [-0.4, -0.2) is 15.7 Å². The van der Waals surface area contributed by atoms with Gasteiger partial charge in [0.25, 0.3) is 5.91 Å². The zero-order chi connectivity index (χ0) is 17.1. The van der Waals surface area contributed by atoms with Gasteiger partial charge in [-0.05, 0) is 43.3 Å². The summed E-state index contributed by atoms with van der Waals surface area (Å²) in [5, 5.41) is 5.07. The molecule has 3 aromatic rings. The van der Waals surface area contributed by atoms with Crippen LogP contribution in [0.2, 0.25) is 10.0 Å². The van der Waals surface area contributed by atoms with E-state index in [4.69, 9.17) is 27.9 Å². The standard InChI is InChI=1S/C18H14Cl2N2O2/c1-12(24-17-8-7-14(19)11-15(17)20)16-9-10-21-22(16)18(23)13-5-3-2-4-6-13/h2-12H,1H3. The van der Waals surface area contributed by atoms with Crippen molar-refractivity contribution in [3.05, 3.63) is 82.1 Å². The van der Waals surface area contributed by atoms with E-state index in [2.05, 4.69) is 5.10 Å². The van der Waals surface area contributed by atoms with Crippen LogP contribution in [0.25, 0.3) is 0 Å². The van der Waals surface area contributed by atoms with Gasteiger partial charge in [0.15, 0.2) is 0 Å². The van der Waals surface area contributed by atoms with Crippen molar-refractivity contribution in [2.75, 3.05) is 0 Å². The third-order valence-corrected chi connectivity index (χ3v) is 4.03. The molecule has 0 bridgehead atoms. The molecule has 2 aromatic carbocycles. The zero-order valence-corrected chi connectivity index (χ0v) is 14.3. The Kier molecular flexibility index (Phi) is 4.88. The van der Waals surface area contributed by atoms with Gasteiger partial charge in [-0.3, -0.25) is 4.79 Å². The summed E-state index contributed by atoms with van der Waals surface area (Å²) in [7, 11) is 0. The lowest BCUT2D eigenvalue weighted by Crippen LogP contribution is -2.19. The molecular weight excluding hydrogens is 347 g/mol. The van der Waals surface area contributed by atoms with Gasteiger partial charge in [0.1, 0.15) is 11.9 Å².